The molecule has 0 atom stereocenters. The second kappa shape index (κ2) is 14.8. The van der Waals surface area contributed by atoms with Crippen LogP contribution in [-0.2, 0) is 4.57 Å². The average molecular weight is 288 g/mol. The average Bonchev–Trinajstić information content (AvgIpc) is 1.79. The molecule has 0 spiro atoms. The maximum absolute atomic E-state index is 9.93. The van der Waals surface area contributed by atoms with Gasteiger partial charge >= 0.3 is 45.3 Å². The van der Waals surface area contributed by atoms with Crippen molar-refractivity contribution in [3.63, 3.8) is 0 Å². The van der Waals surface area contributed by atoms with E-state index in [9.17, 15) is 4.57 Å². The van der Waals surface area contributed by atoms with E-state index < -0.39 is 17.8 Å². The first-order valence-corrected chi connectivity index (χ1v) is 5.00. The van der Waals surface area contributed by atoms with Crippen LogP contribution in [0.3, 0.4) is 0 Å². The number of rotatable bonds is 2. The van der Waals surface area contributed by atoms with Gasteiger partial charge in [0, 0.05) is 6.16 Å². The summed E-state index contributed by atoms with van der Waals surface area (Å²) in [6, 6.07) is 0. The largest absolute Gasteiger partial charge is 2.00 e. The third-order valence-corrected chi connectivity index (χ3v) is 1.54. The Balaban J connectivity index is -0.0000000700. The van der Waals surface area contributed by atoms with Gasteiger partial charge < -0.3 is 40.4 Å². The maximum Gasteiger partial charge on any atom is 2.00 e. The van der Waals surface area contributed by atoms with Gasteiger partial charge in [0.2, 0.25) is 0 Å². The third kappa shape index (κ3) is 156. The van der Waals surface area contributed by atoms with Crippen LogP contribution in [0.5, 0.6) is 0 Å². The standard InChI is InChI=1S/C3H9O3P.Ca.2NO3/c1-2-3-7(4,5)6;;2*2-1(3)4/h2-3H2,1H3,(H2,4,5,6);;;/q;+2;2*-1. The van der Waals surface area contributed by atoms with E-state index in [4.69, 9.17) is 40.4 Å². The van der Waals surface area contributed by atoms with Crippen LogP contribution < -0.4 is 0 Å². The Labute approximate surface area is 119 Å². The van der Waals surface area contributed by atoms with Gasteiger partial charge in [0.1, 0.15) is 0 Å². The van der Waals surface area contributed by atoms with Crippen molar-refractivity contribution in [3.05, 3.63) is 30.6 Å². The minimum atomic E-state index is -3.67. The fourth-order valence-corrected chi connectivity index (χ4v) is 0.874. The summed E-state index contributed by atoms with van der Waals surface area (Å²) in [5.74, 6) is 0. The summed E-state index contributed by atoms with van der Waals surface area (Å²) < 4.78 is 9.93. The molecule has 0 bridgehead atoms. The zero-order valence-corrected chi connectivity index (χ0v) is 11.3. The smallest absolute Gasteiger partial charge is 0.356 e. The molecule has 0 aromatic carbocycles. The maximum atomic E-state index is 9.93. The van der Waals surface area contributed by atoms with Crippen LogP contribution in [0.2, 0.25) is 0 Å². The molecule has 0 fully saturated rings. The van der Waals surface area contributed by atoms with Gasteiger partial charge in [-0.3, -0.25) is 4.57 Å². The molecule has 0 aliphatic heterocycles. The molecule has 0 amide bonds. The first-order valence-electron chi connectivity index (χ1n) is 3.20. The number of hydrogen-bond acceptors (Lipinski definition) is 7. The molecular formula is C3H9CaN2O9P. The van der Waals surface area contributed by atoms with Crippen LogP contribution in [-0.4, -0.2) is 63.9 Å². The topological polar surface area (TPSA) is 190 Å². The van der Waals surface area contributed by atoms with Crippen molar-refractivity contribution in [2.45, 2.75) is 13.3 Å². The molecule has 11 nitrogen and oxygen atoms in total. The van der Waals surface area contributed by atoms with E-state index in [1.54, 1.807) is 6.92 Å². The monoisotopic (exact) mass is 288 g/mol. The Morgan fingerprint density at radius 3 is 1.25 bits per heavy atom. The third-order valence-electron chi connectivity index (χ3n) is 0.515. The molecule has 0 aliphatic carbocycles. The van der Waals surface area contributed by atoms with Crippen LogP contribution in [0.4, 0.5) is 0 Å². The second-order valence-electron chi connectivity index (χ2n) is 1.84. The summed E-state index contributed by atoms with van der Waals surface area (Å²) >= 11 is 0. The predicted molar refractivity (Wildman–Crippen MR) is 53.7 cm³/mol. The van der Waals surface area contributed by atoms with Crippen LogP contribution >= 0.6 is 7.60 Å². The van der Waals surface area contributed by atoms with Crippen molar-refractivity contribution in [2.75, 3.05) is 6.16 Å². The SMILES string of the molecule is CCCP(=O)(O)O.O=[N+]([O-])[O-].O=[N+]([O-])[O-].[Ca+2]. The Hall–Kier alpha value is -0.190. The molecule has 0 aromatic rings. The molecule has 0 rings (SSSR count). The summed E-state index contributed by atoms with van der Waals surface area (Å²) in [5, 5.41) is 29.5. The zero-order chi connectivity index (χ0) is 13.1. The van der Waals surface area contributed by atoms with Crippen molar-refractivity contribution in [1.29, 1.82) is 0 Å². The molecule has 0 radical (unpaired) electrons. The van der Waals surface area contributed by atoms with E-state index in [1.807, 2.05) is 0 Å². The van der Waals surface area contributed by atoms with Gasteiger partial charge in [0.25, 0.3) is 0 Å². The van der Waals surface area contributed by atoms with Crippen molar-refractivity contribution in [1.82, 2.24) is 0 Å². The van der Waals surface area contributed by atoms with Crippen LogP contribution in [0, 0.1) is 30.6 Å². The molecule has 0 saturated carbocycles. The normalized spacial score (nSPS) is 8.19. The number of hydrogen-bond donors (Lipinski definition) is 2. The summed E-state index contributed by atoms with van der Waals surface area (Å²) in [7, 11) is -3.67. The summed E-state index contributed by atoms with van der Waals surface area (Å²) in [5.41, 5.74) is 0. The number of nitrogens with zero attached hydrogens (tertiary/aromatic N) is 2. The molecule has 2 N–H and O–H groups in total. The Morgan fingerprint density at radius 1 is 1.06 bits per heavy atom. The molecular weight excluding hydrogens is 279 g/mol. The Morgan fingerprint density at radius 2 is 1.25 bits per heavy atom. The fraction of sp³-hybridized carbons (Fsp3) is 1.00. The molecule has 0 heterocycles. The van der Waals surface area contributed by atoms with Gasteiger partial charge in [-0.05, 0) is 6.42 Å². The van der Waals surface area contributed by atoms with E-state index in [0.717, 1.165) is 0 Å². The molecule has 16 heavy (non-hydrogen) atoms. The minimum Gasteiger partial charge on any atom is -0.356 e. The summed E-state index contributed by atoms with van der Waals surface area (Å²) in [6.07, 6.45) is 0.553. The van der Waals surface area contributed by atoms with Gasteiger partial charge in [0.15, 0.2) is 0 Å². The fourth-order valence-electron chi connectivity index (χ4n) is 0.291. The van der Waals surface area contributed by atoms with E-state index in [2.05, 4.69) is 0 Å². The molecule has 0 aliphatic rings. The molecule has 92 valence electrons. The zero-order valence-electron chi connectivity index (χ0n) is 8.22. The van der Waals surface area contributed by atoms with Gasteiger partial charge in [-0.25, -0.2) is 0 Å². The summed E-state index contributed by atoms with van der Waals surface area (Å²) in [6.45, 7) is 1.74. The van der Waals surface area contributed by atoms with Crippen LogP contribution in [0.25, 0.3) is 0 Å². The van der Waals surface area contributed by atoms with Crippen molar-refractivity contribution in [3.8, 4) is 0 Å². The van der Waals surface area contributed by atoms with E-state index in [0.29, 0.717) is 6.42 Å². The van der Waals surface area contributed by atoms with Gasteiger partial charge in [-0.15, -0.1) is 0 Å². The minimum absolute atomic E-state index is 0. The molecule has 0 saturated heterocycles. The van der Waals surface area contributed by atoms with Gasteiger partial charge in [-0.2, -0.15) is 0 Å². The van der Waals surface area contributed by atoms with Gasteiger partial charge in [-0.1, -0.05) is 6.92 Å². The van der Waals surface area contributed by atoms with Crippen molar-refractivity contribution in [2.24, 2.45) is 0 Å². The van der Waals surface area contributed by atoms with Crippen molar-refractivity contribution < 1.29 is 24.5 Å². The predicted octanol–water partition coefficient (Wildman–Crippen LogP) is -0.285. The summed E-state index contributed by atoms with van der Waals surface area (Å²) in [4.78, 5) is 32.8. The van der Waals surface area contributed by atoms with Gasteiger partial charge in [0.05, 0.1) is 10.2 Å². The van der Waals surface area contributed by atoms with E-state index >= 15 is 0 Å². The molecule has 13 heteroatoms. The van der Waals surface area contributed by atoms with E-state index in [-0.39, 0.29) is 43.9 Å². The first kappa shape index (κ1) is 24.9. The van der Waals surface area contributed by atoms with Crippen molar-refractivity contribution >= 4 is 45.3 Å². The molecule has 0 aromatic heterocycles. The van der Waals surface area contributed by atoms with Crippen LogP contribution in [0.1, 0.15) is 13.3 Å². The van der Waals surface area contributed by atoms with E-state index in [1.165, 1.54) is 0 Å². The second-order valence-corrected chi connectivity index (χ2v) is 3.61. The first-order chi connectivity index (χ1) is 6.52. The van der Waals surface area contributed by atoms with Crippen LogP contribution in [0.15, 0.2) is 0 Å². The molecule has 0 unspecified atom stereocenters. The quantitative estimate of drug-likeness (QED) is 0.297. The Bertz CT molecular complexity index is 209. The Kier molecular flexibility index (Phi) is 23.0.